The van der Waals surface area contributed by atoms with Gasteiger partial charge in [0.1, 0.15) is 5.75 Å². The molecule has 0 aromatic heterocycles. The van der Waals surface area contributed by atoms with Crippen molar-refractivity contribution in [2.75, 3.05) is 6.61 Å². The number of carbonyl (C=O) groups excluding carboxylic acids is 2. The van der Waals surface area contributed by atoms with Gasteiger partial charge in [0.05, 0.1) is 0 Å². The highest BCUT2D eigenvalue weighted by molar-refractivity contribution is 6.08. The third-order valence-electron chi connectivity index (χ3n) is 4.65. The minimum Gasteiger partial charge on any atom is -0.484 e. The number of ether oxygens (including phenoxy) is 1. The normalized spacial score (nSPS) is 10.6. The number of rotatable bonds is 8. The highest BCUT2D eigenvalue weighted by Gasteiger charge is 2.18. The van der Waals surface area contributed by atoms with Crippen molar-refractivity contribution in [2.45, 2.75) is 26.4 Å². The van der Waals surface area contributed by atoms with E-state index in [9.17, 15) is 9.59 Å². The summed E-state index contributed by atoms with van der Waals surface area (Å²) in [6.45, 7) is 4.48. The molecule has 0 aliphatic carbocycles. The maximum absolute atomic E-state index is 12.7. The maximum Gasteiger partial charge on any atom is 0.261 e. The van der Waals surface area contributed by atoms with Crippen LogP contribution in [0.5, 0.6) is 5.75 Å². The molecule has 3 aromatic rings. The molecule has 29 heavy (non-hydrogen) atoms. The summed E-state index contributed by atoms with van der Waals surface area (Å²) in [6.07, 6.45) is 0. The van der Waals surface area contributed by atoms with Crippen LogP contribution < -0.4 is 4.74 Å². The minimum absolute atomic E-state index is 0.0397. The molecule has 0 aliphatic heterocycles. The van der Waals surface area contributed by atoms with Crippen LogP contribution in [-0.2, 0) is 11.3 Å². The monoisotopic (exact) mass is 387 g/mol. The molecule has 0 saturated carbocycles. The van der Waals surface area contributed by atoms with Gasteiger partial charge in [0.25, 0.3) is 5.91 Å². The van der Waals surface area contributed by atoms with Crippen molar-refractivity contribution in [1.82, 2.24) is 4.90 Å². The molecule has 0 unspecified atom stereocenters. The van der Waals surface area contributed by atoms with Crippen LogP contribution in [0.15, 0.2) is 84.9 Å². The van der Waals surface area contributed by atoms with E-state index in [1.807, 2.05) is 62.4 Å². The fourth-order valence-corrected chi connectivity index (χ4v) is 3.03. The third kappa shape index (κ3) is 5.55. The molecule has 148 valence electrons. The van der Waals surface area contributed by atoms with Crippen molar-refractivity contribution in [3.05, 3.63) is 102 Å². The van der Waals surface area contributed by atoms with Gasteiger partial charge in [0.2, 0.25) is 0 Å². The molecular weight excluding hydrogens is 362 g/mol. The van der Waals surface area contributed by atoms with Gasteiger partial charge in [0, 0.05) is 23.7 Å². The van der Waals surface area contributed by atoms with E-state index < -0.39 is 0 Å². The molecule has 1 amide bonds. The molecule has 3 rings (SSSR count). The quantitative estimate of drug-likeness (QED) is 0.525. The van der Waals surface area contributed by atoms with Gasteiger partial charge in [-0.05, 0) is 43.7 Å². The molecule has 0 aliphatic rings. The summed E-state index contributed by atoms with van der Waals surface area (Å²) in [5.74, 6) is 0.446. The van der Waals surface area contributed by atoms with E-state index in [0.717, 1.165) is 5.56 Å². The Hall–Kier alpha value is -3.40. The first kappa shape index (κ1) is 20.3. The number of hydrogen-bond donors (Lipinski definition) is 0. The van der Waals surface area contributed by atoms with E-state index in [0.29, 0.717) is 23.4 Å². The second-order valence-corrected chi connectivity index (χ2v) is 7.11. The molecule has 0 fully saturated rings. The molecule has 0 spiro atoms. The fourth-order valence-electron chi connectivity index (χ4n) is 3.03. The minimum atomic E-state index is -0.0757. The van der Waals surface area contributed by atoms with Gasteiger partial charge in [0.15, 0.2) is 12.4 Å². The van der Waals surface area contributed by atoms with Crippen molar-refractivity contribution >= 4 is 11.7 Å². The number of carbonyl (C=O) groups is 2. The Labute approximate surface area is 171 Å². The van der Waals surface area contributed by atoms with E-state index in [1.165, 1.54) is 0 Å². The summed E-state index contributed by atoms with van der Waals surface area (Å²) in [6, 6.07) is 26.0. The lowest BCUT2D eigenvalue weighted by atomic mass is 10.0. The molecular formula is C25H25NO3. The lowest BCUT2D eigenvalue weighted by molar-refractivity contribution is -0.135. The maximum atomic E-state index is 12.7. The van der Waals surface area contributed by atoms with Crippen LogP contribution >= 0.6 is 0 Å². The predicted octanol–water partition coefficient (Wildman–Crippen LogP) is 4.73. The molecule has 0 radical (unpaired) electrons. The number of hydrogen-bond acceptors (Lipinski definition) is 3. The van der Waals surface area contributed by atoms with Crippen LogP contribution in [-0.4, -0.2) is 29.2 Å². The summed E-state index contributed by atoms with van der Waals surface area (Å²) < 4.78 is 5.67. The first-order chi connectivity index (χ1) is 14.0. The second-order valence-electron chi connectivity index (χ2n) is 7.11. The van der Waals surface area contributed by atoms with Crippen molar-refractivity contribution in [3.8, 4) is 5.75 Å². The van der Waals surface area contributed by atoms with Gasteiger partial charge in [-0.15, -0.1) is 0 Å². The Morgan fingerprint density at radius 1 is 0.793 bits per heavy atom. The van der Waals surface area contributed by atoms with E-state index in [-0.39, 0.29) is 24.3 Å². The molecule has 0 atom stereocenters. The number of benzene rings is 3. The Bertz CT molecular complexity index is 935. The lowest BCUT2D eigenvalue weighted by Gasteiger charge is -2.27. The van der Waals surface area contributed by atoms with E-state index in [1.54, 1.807) is 41.3 Å². The predicted molar refractivity (Wildman–Crippen MR) is 114 cm³/mol. The zero-order valence-corrected chi connectivity index (χ0v) is 16.7. The van der Waals surface area contributed by atoms with E-state index in [2.05, 4.69) is 0 Å². The zero-order chi connectivity index (χ0) is 20.6. The zero-order valence-electron chi connectivity index (χ0n) is 16.7. The van der Waals surface area contributed by atoms with Crippen LogP contribution in [0.3, 0.4) is 0 Å². The standard InChI is InChI=1S/C25H25NO3/c1-19(2)26(17-20-9-5-3-6-10-20)24(27)18-29-23-15-13-22(14-16-23)25(28)21-11-7-4-8-12-21/h3-16,19H,17-18H2,1-2H3. The number of amides is 1. The Kier molecular flexibility index (Phi) is 6.80. The fraction of sp³-hybridized carbons (Fsp3) is 0.200. The van der Waals surface area contributed by atoms with Gasteiger partial charge >= 0.3 is 0 Å². The lowest BCUT2D eigenvalue weighted by Crippen LogP contribution is -2.39. The highest BCUT2D eigenvalue weighted by atomic mass is 16.5. The summed E-state index contributed by atoms with van der Waals surface area (Å²) in [4.78, 5) is 26.9. The molecule has 0 heterocycles. The van der Waals surface area contributed by atoms with Gasteiger partial charge < -0.3 is 9.64 Å². The average Bonchev–Trinajstić information content (AvgIpc) is 2.77. The van der Waals surface area contributed by atoms with Crippen molar-refractivity contribution in [2.24, 2.45) is 0 Å². The van der Waals surface area contributed by atoms with Crippen LogP contribution in [0.4, 0.5) is 0 Å². The Balaban J connectivity index is 1.59. The molecule has 4 nitrogen and oxygen atoms in total. The smallest absolute Gasteiger partial charge is 0.261 e. The summed E-state index contributed by atoms with van der Waals surface area (Å²) in [7, 11) is 0. The van der Waals surface area contributed by atoms with Crippen LogP contribution in [0.2, 0.25) is 0 Å². The van der Waals surface area contributed by atoms with Gasteiger partial charge in [-0.1, -0.05) is 60.7 Å². The van der Waals surface area contributed by atoms with Crippen molar-refractivity contribution in [3.63, 3.8) is 0 Å². The van der Waals surface area contributed by atoms with Crippen LogP contribution in [0.1, 0.15) is 35.3 Å². The summed E-state index contributed by atoms with van der Waals surface area (Å²) in [5, 5.41) is 0. The van der Waals surface area contributed by atoms with Crippen LogP contribution in [0, 0.1) is 0 Å². The summed E-state index contributed by atoms with van der Waals surface area (Å²) >= 11 is 0. The van der Waals surface area contributed by atoms with E-state index in [4.69, 9.17) is 4.74 Å². The topological polar surface area (TPSA) is 46.6 Å². The Morgan fingerprint density at radius 3 is 1.93 bits per heavy atom. The second kappa shape index (κ2) is 9.69. The highest BCUT2D eigenvalue weighted by Crippen LogP contribution is 2.16. The number of ketones is 1. The summed E-state index contributed by atoms with van der Waals surface area (Å²) in [5.41, 5.74) is 2.31. The van der Waals surface area contributed by atoms with E-state index >= 15 is 0 Å². The first-order valence-corrected chi connectivity index (χ1v) is 9.70. The Morgan fingerprint density at radius 2 is 1.34 bits per heavy atom. The van der Waals surface area contributed by atoms with Crippen molar-refractivity contribution < 1.29 is 14.3 Å². The average molecular weight is 387 g/mol. The largest absolute Gasteiger partial charge is 0.484 e. The molecule has 0 saturated heterocycles. The number of nitrogens with zero attached hydrogens (tertiary/aromatic N) is 1. The van der Waals surface area contributed by atoms with Crippen molar-refractivity contribution in [1.29, 1.82) is 0 Å². The van der Waals surface area contributed by atoms with Gasteiger partial charge in [-0.25, -0.2) is 0 Å². The SMILES string of the molecule is CC(C)N(Cc1ccccc1)C(=O)COc1ccc(C(=O)c2ccccc2)cc1. The van der Waals surface area contributed by atoms with Gasteiger partial charge in [-0.2, -0.15) is 0 Å². The molecule has 3 aromatic carbocycles. The van der Waals surface area contributed by atoms with Gasteiger partial charge in [-0.3, -0.25) is 9.59 Å². The molecule has 4 heteroatoms. The molecule has 0 bridgehead atoms. The first-order valence-electron chi connectivity index (χ1n) is 9.70. The molecule has 0 N–H and O–H groups in total. The van der Waals surface area contributed by atoms with Crippen LogP contribution in [0.25, 0.3) is 0 Å². The third-order valence-corrected chi connectivity index (χ3v) is 4.65.